The third kappa shape index (κ3) is 65.1. The minimum Gasteiger partial charge on any atom is -0.462 e. The molecule has 0 saturated carbocycles. The Morgan fingerprint density at radius 1 is 0.319 bits per heavy atom. The predicted molar refractivity (Wildman–Crippen MR) is 368 cm³/mol. The van der Waals surface area contributed by atoms with Crippen molar-refractivity contribution in [2.75, 3.05) is 39.6 Å². The average Bonchev–Trinajstić information content (AvgIpc) is 2.97. The van der Waals surface area contributed by atoms with Crippen molar-refractivity contribution in [3.8, 4) is 0 Å². The minimum atomic E-state index is -4.95. The largest absolute Gasteiger partial charge is 0.472 e. The third-order valence-electron chi connectivity index (χ3n) is 17.1. The van der Waals surface area contributed by atoms with Gasteiger partial charge in [0.1, 0.15) is 19.3 Å². The molecule has 0 aromatic heterocycles. The molecule has 0 rings (SSSR count). The molecule has 0 radical (unpaired) electrons. The zero-order valence-corrected chi connectivity index (χ0v) is 60.9. The summed E-state index contributed by atoms with van der Waals surface area (Å²) in [6.45, 7) is 9.52. The van der Waals surface area contributed by atoms with Crippen molar-refractivity contribution in [2.45, 2.75) is 387 Å². The Bertz CT molecular complexity index is 1770. The summed E-state index contributed by atoms with van der Waals surface area (Å²) in [7, 11) is -9.90. The van der Waals surface area contributed by atoms with Crippen LogP contribution in [0.15, 0.2) is 0 Å². The first-order valence-electron chi connectivity index (χ1n) is 37.5. The maximum Gasteiger partial charge on any atom is 0.472 e. The van der Waals surface area contributed by atoms with E-state index in [1.807, 2.05) is 0 Å². The smallest absolute Gasteiger partial charge is 0.462 e. The standard InChI is InChI=1S/C72H140O17P2/c1-7-10-12-14-16-18-19-20-21-25-28-32-36-43-49-55-70(75)83-60-67(88-71(76)56-50-44-37-33-29-26-23-22-24-27-31-34-40-46-52-64(4)5)62-86-90(78,79)84-58-66(73)59-85-91(80,81)87-63-68(61-82-69(74)54-48-42-35-30-17-15-13-11-8-2)89-72(77)57-51-45-39-38-41-47-53-65(6)9-3/h64-68,73H,7-63H2,1-6H3,(H,78,79)(H,80,81)/t65?,66-,67-,68-/m1/s1. The molecule has 17 nitrogen and oxygen atoms in total. The number of phosphoric ester groups is 2. The molecule has 0 saturated heterocycles. The highest BCUT2D eigenvalue weighted by atomic mass is 31.2. The number of aliphatic hydroxyl groups excluding tert-OH is 1. The fourth-order valence-corrected chi connectivity index (χ4v) is 12.5. The summed E-state index contributed by atoms with van der Waals surface area (Å²) >= 11 is 0. The predicted octanol–water partition coefficient (Wildman–Crippen LogP) is 20.8. The van der Waals surface area contributed by atoms with Crippen LogP contribution in [-0.4, -0.2) is 96.7 Å². The molecule has 0 heterocycles. The van der Waals surface area contributed by atoms with Gasteiger partial charge in [-0.15, -0.1) is 0 Å². The number of esters is 4. The van der Waals surface area contributed by atoms with Gasteiger partial charge in [0.2, 0.25) is 0 Å². The van der Waals surface area contributed by atoms with Gasteiger partial charge in [-0.3, -0.25) is 37.3 Å². The monoisotopic (exact) mass is 1340 g/mol. The Kier molecular flexibility index (Phi) is 62.7. The molecule has 0 aliphatic carbocycles. The van der Waals surface area contributed by atoms with Crippen LogP contribution in [0.5, 0.6) is 0 Å². The SMILES string of the molecule is CCCCCCCCCCCCCCCCCC(=O)OC[C@H](COP(=O)(O)OC[C@@H](O)COP(=O)(O)OC[C@@H](COC(=O)CCCCCCCCCCC)OC(=O)CCCCCCCCC(C)CC)OC(=O)CCCCCCCCCCCCCCCCC(C)C. The van der Waals surface area contributed by atoms with E-state index in [4.69, 9.17) is 37.0 Å². The molecule has 3 N–H and O–H groups in total. The Labute approximate surface area is 556 Å². The maximum atomic E-state index is 13.0. The fourth-order valence-electron chi connectivity index (χ4n) is 10.9. The van der Waals surface area contributed by atoms with Crippen molar-refractivity contribution in [3.05, 3.63) is 0 Å². The second-order valence-corrected chi connectivity index (χ2v) is 29.6. The van der Waals surface area contributed by atoms with E-state index in [2.05, 4.69) is 41.5 Å². The van der Waals surface area contributed by atoms with Crippen molar-refractivity contribution in [1.82, 2.24) is 0 Å². The Hall–Kier alpha value is -1.94. The number of hydrogen-bond acceptors (Lipinski definition) is 15. The van der Waals surface area contributed by atoms with Crippen LogP contribution in [0, 0.1) is 11.8 Å². The Balaban J connectivity index is 5.23. The fraction of sp³-hybridized carbons (Fsp3) is 0.944. The summed E-state index contributed by atoms with van der Waals surface area (Å²) in [4.78, 5) is 72.6. The number of phosphoric acid groups is 2. The van der Waals surface area contributed by atoms with Crippen molar-refractivity contribution in [1.29, 1.82) is 0 Å². The topological polar surface area (TPSA) is 237 Å². The van der Waals surface area contributed by atoms with Crippen molar-refractivity contribution in [3.63, 3.8) is 0 Å². The first-order valence-corrected chi connectivity index (χ1v) is 40.5. The van der Waals surface area contributed by atoms with Crippen molar-refractivity contribution >= 4 is 39.5 Å². The summed E-state index contributed by atoms with van der Waals surface area (Å²) in [5.74, 6) is -0.609. The van der Waals surface area contributed by atoms with Gasteiger partial charge in [0.05, 0.1) is 26.4 Å². The van der Waals surface area contributed by atoms with E-state index < -0.39 is 97.5 Å². The number of carbonyl (C=O) groups excluding carboxylic acids is 4. The third-order valence-corrected chi connectivity index (χ3v) is 19.0. The van der Waals surface area contributed by atoms with Gasteiger partial charge in [0.15, 0.2) is 12.2 Å². The highest BCUT2D eigenvalue weighted by molar-refractivity contribution is 7.47. The zero-order chi connectivity index (χ0) is 67.2. The molecule has 0 spiro atoms. The second kappa shape index (κ2) is 64.1. The lowest BCUT2D eigenvalue weighted by Gasteiger charge is -2.21. The van der Waals surface area contributed by atoms with Gasteiger partial charge in [0.25, 0.3) is 0 Å². The van der Waals surface area contributed by atoms with Crippen LogP contribution in [0.25, 0.3) is 0 Å². The molecule has 0 aromatic rings. The normalized spacial score (nSPS) is 14.4. The number of carbonyl (C=O) groups is 4. The van der Waals surface area contributed by atoms with Crippen molar-refractivity contribution < 1.29 is 80.2 Å². The molecule has 540 valence electrons. The van der Waals surface area contributed by atoms with E-state index in [0.717, 1.165) is 102 Å². The van der Waals surface area contributed by atoms with Crippen LogP contribution < -0.4 is 0 Å². The minimum absolute atomic E-state index is 0.103. The number of unbranched alkanes of at least 4 members (excludes halogenated alkanes) is 40. The van der Waals surface area contributed by atoms with E-state index in [1.54, 1.807) is 0 Å². The van der Waals surface area contributed by atoms with Gasteiger partial charge in [-0.2, -0.15) is 0 Å². The zero-order valence-electron chi connectivity index (χ0n) is 59.1. The molecular formula is C72H140O17P2. The Morgan fingerprint density at radius 2 is 0.560 bits per heavy atom. The van der Waals surface area contributed by atoms with Crippen LogP contribution in [0.1, 0.15) is 369 Å². The summed E-state index contributed by atoms with van der Waals surface area (Å²) in [6.07, 6.45) is 50.0. The van der Waals surface area contributed by atoms with Gasteiger partial charge in [-0.05, 0) is 37.5 Å². The van der Waals surface area contributed by atoms with E-state index in [0.29, 0.717) is 25.7 Å². The van der Waals surface area contributed by atoms with Crippen LogP contribution >= 0.6 is 15.6 Å². The maximum absolute atomic E-state index is 13.0. The highest BCUT2D eigenvalue weighted by Gasteiger charge is 2.30. The molecular weight excluding hydrogens is 1200 g/mol. The molecule has 6 atom stereocenters. The summed E-state index contributed by atoms with van der Waals surface area (Å²) in [5.41, 5.74) is 0. The van der Waals surface area contributed by atoms with Gasteiger partial charge >= 0.3 is 39.5 Å². The lowest BCUT2D eigenvalue weighted by Crippen LogP contribution is -2.30. The lowest BCUT2D eigenvalue weighted by atomic mass is 10.00. The molecule has 0 fully saturated rings. The van der Waals surface area contributed by atoms with Crippen LogP contribution in [-0.2, 0) is 65.4 Å². The van der Waals surface area contributed by atoms with Gasteiger partial charge in [-0.25, -0.2) is 9.13 Å². The molecule has 3 unspecified atom stereocenters. The average molecular weight is 1340 g/mol. The lowest BCUT2D eigenvalue weighted by molar-refractivity contribution is -0.161. The van der Waals surface area contributed by atoms with Crippen LogP contribution in [0.2, 0.25) is 0 Å². The number of ether oxygens (including phenoxy) is 4. The van der Waals surface area contributed by atoms with Crippen LogP contribution in [0.3, 0.4) is 0 Å². The first-order chi connectivity index (χ1) is 43.9. The Morgan fingerprint density at radius 3 is 0.835 bits per heavy atom. The summed E-state index contributed by atoms with van der Waals surface area (Å²) in [6, 6.07) is 0. The van der Waals surface area contributed by atoms with E-state index in [9.17, 15) is 43.2 Å². The van der Waals surface area contributed by atoms with Gasteiger partial charge in [0, 0.05) is 25.7 Å². The first kappa shape index (κ1) is 89.1. The number of hydrogen-bond donors (Lipinski definition) is 3. The molecule has 0 aliphatic rings. The van der Waals surface area contributed by atoms with E-state index in [1.165, 1.54) is 186 Å². The van der Waals surface area contributed by atoms with Crippen molar-refractivity contribution in [2.24, 2.45) is 11.8 Å². The van der Waals surface area contributed by atoms with Crippen LogP contribution in [0.4, 0.5) is 0 Å². The van der Waals surface area contributed by atoms with E-state index in [-0.39, 0.29) is 25.7 Å². The molecule has 0 amide bonds. The molecule has 19 heteroatoms. The highest BCUT2D eigenvalue weighted by Crippen LogP contribution is 2.45. The van der Waals surface area contributed by atoms with Gasteiger partial charge in [-0.1, -0.05) is 318 Å². The molecule has 0 aromatic carbocycles. The number of aliphatic hydroxyl groups is 1. The second-order valence-electron chi connectivity index (χ2n) is 26.7. The molecule has 0 bridgehead atoms. The van der Waals surface area contributed by atoms with Gasteiger partial charge < -0.3 is 33.8 Å². The quantitative estimate of drug-likeness (QED) is 0.0222. The molecule has 91 heavy (non-hydrogen) atoms. The molecule has 0 aliphatic heterocycles. The van der Waals surface area contributed by atoms with E-state index >= 15 is 0 Å². The summed E-state index contributed by atoms with van der Waals surface area (Å²) < 4.78 is 68.3. The summed E-state index contributed by atoms with van der Waals surface area (Å²) in [5, 5.41) is 10.6. The number of rotatable bonds is 71.